The van der Waals surface area contributed by atoms with Gasteiger partial charge in [0.05, 0.1) is 13.2 Å². The molecule has 1 atom stereocenters. The summed E-state index contributed by atoms with van der Waals surface area (Å²) in [5.74, 6) is -0.814. The van der Waals surface area contributed by atoms with Crippen LogP contribution in [0.25, 0.3) is 0 Å². The minimum absolute atomic E-state index is 0.264. The van der Waals surface area contributed by atoms with Crippen LogP contribution in [-0.2, 0) is 9.47 Å². The SMILES string of the molecule is OC1(OCC2CO2)CCCC1. The minimum Gasteiger partial charge on any atom is -0.371 e. The van der Waals surface area contributed by atoms with E-state index in [1.807, 2.05) is 0 Å². The predicted octanol–water partition coefficient (Wildman–Crippen LogP) is 0.664. The Morgan fingerprint density at radius 3 is 2.64 bits per heavy atom. The average molecular weight is 158 g/mol. The smallest absolute Gasteiger partial charge is 0.165 e. The molecule has 2 rings (SSSR count). The van der Waals surface area contributed by atoms with E-state index in [1.165, 1.54) is 0 Å². The first-order valence-electron chi connectivity index (χ1n) is 4.26. The summed E-state index contributed by atoms with van der Waals surface area (Å²) in [7, 11) is 0. The van der Waals surface area contributed by atoms with E-state index in [0.29, 0.717) is 6.61 Å². The zero-order chi connectivity index (χ0) is 7.73. The Balaban J connectivity index is 1.73. The van der Waals surface area contributed by atoms with E-state index in [-0.39, 0.29) is 6.10 Å². The highest BCUT2D eigenvalue weighted by Crippen LogP contribution is 2.31. The predicted molar refractivity (Wildman–Crippen MR) is 39.1 cm³/mol. The zero-order valence-corrected chi connectivity index (χ0v) is 6.58. The van der Waals surface area contributed by atoms with Crippen molar-refractivity contribution in [3.63, 3.8) is 0 Å². The van der Waals surface area contributed by atoms with Crippen LogP contribution >= 0.6 is 0 Å². The van der Waals surface area contributed by atoms with Crippen molar-refractivity contribution in [2.75, 3.05) is 13.2 Å². The summed E-state index contributed by atoms with van der Waals surface area (Å²) in [4.78, 5) is 0. The molecule has 2 aliphatic rings. The number of ether oxygens (including phenoxy) is 2. The van der Waals surface area contributed by atoms with Crippen LogP contribution in [0.1, 0.15) is 25.7 Å². The van der Waals surface area contributed by atoms with Gasteiger partial charge in [-0.05, 0) is 12.8 Å². The highest BCUT2D eigenvalue weighted by molar-refractivity contribution is 4.77. The standard InChI is InChI=1S/C8H14O3/c9-8(3-1-2-4-8)11-6-7-5-10-7/h7,9H,1-6H2. The van der Waals surface area contributed by atoms with Gasteiger partial charge in [0.2, 0.25) is 0 Å². The summed E-state index contributed by atoms with van der Waals surface area (Å²) >= 11 is 0. The third-order valence-corrected chi connectivity index (χ3v) is 2.33. The quantitative estimate of drug-likeness (QED) is 0.484. The fourth-order valence-corrected chi connectivity index (χ4v) is 1.48. The summed E-state index contributed by atoms with van der Waals surface area (Å²) in [6.45, 7) is 1.37. The molecule has 64 valence electrons. The van der Waals surface area contributed by atoms with Crippen molar-refractivity contribution in [2.45, 2.75) is 37.6 Å². The van der Waals surface area contributed by atoms with Crippen LogP contribution < -0.4 is 0 Å². The van der Waals surface area contributed by atoms with Gasteiger partial charge in [0.15, 0.2) is 5.79 Å². The van der Waals surface area contributed by atoms with Gasteiger partial charge in [0, 0.05) is 12.8 Å². The lowest BCUT2D eigenvalue weighted by Gasteiger charge is -2.21. The fraction of sp³-hybridized carbons (Fsp3) is 1.00. The lowest BCUT2D eigenvalue weighted by molar-refractivity contribution is -0.199. The van der Waals surface area contributed by atoms with E-state index in [4.69, 9.17) is 9.47 Å². The lowest BCUT2D eigenvalue weighted by atomic mass is 10.2. The number of hydrogen-bond acceptors (Lipinski definition) is 3. The molecule has 11 heavy (non-hydrogen) atoms. The van der Waals surface area contributed by atoms with Gasteiger partial charge in [-0.2, -0.15) is 0 Å². The second kappa shape index (κ2) is 2.73. The van der Waals surface area contributed by atoms with Crippen molar-refractivity contribution in [3.8, 4) is 0 Å². The maximum Gasteiger partial charge on any atom is 0.165 e. The first-order chi connectivity index (χ1) is 5.29. The molecular formula is C8H14O3. The summed E-state index contributed by atoms with van der Waals surface area (Å²) in [6.07, 6.45) is 4.02. The van der Waals surface area contributed by atoms with Crippen molar-refractivity contribution >= 4 is 0 Å². The molecule has 0 spiro atoms. The topological polar surface area (TPSA) is 42.0 Å². The molecular weight excluding hydrogens is 144 g/mol. The van der Waals surface area contributed by atoms with Crippen molar-refractivity contribution in [3.05, 3.63) is 0 Å². The Morgan fingerprint density at radius 2 is 2.09 bits per heavy atom. The summed E-state index contributed by atoms with van der Waals surface area (Å²) in [5.41, 5.74) is 0. The molecule has 0 aromatic heterocycles. The highest BCUT2D eigenvalue weighted by atomic mass is 16.7. The van der Waals surface area contributed by atoms with Gasteiger partial charge in [0.25, 0.3) is 0 Å². The van der Waals surface area contributed by atoms with Crippen LogP contribution in [0, 0.1) is 0 Å². The normalized spacial score (nSPS) is 34.1. The Labute approximate surface area is 66.3 Å². The second-order valence-corrected chi connectivity index (χ2v) is 3.42. The summed E-state index contributed by atoms with van der Waals surface area (Å²) < 4.78 is 10.3. The first kappa shape index (κ1) is 7.53. The number of rotatable bonds is 3. The molecule has 0 radical (unpaired) electrons. The molecule has 1 saturated carbocycles. The highest BCUT2D eigenvalue weighted by Gasteiger charge is 2.34. The van der Waals surface area contributed by atoms with Crippen molar-refractivity contribution in [2.24, 2.45) is 0 Å². The maximum atomic E-state index is 9.69. The van der Waals surface area contributed by atoms with Crippen LogP contribution in [0.5, 0.6) is 0 Å². The van der Waals surface area contributed by atoms with Gasteiger partial charge < -0.3 is 14.6 Å². The Kier molecular flexibility index (Phi) is 1.87. The molecule has 0 amide bonds. The monoisotopic (exact) mass is 158 g/mol. The molecule has 1 aliphatic carbocycles. The lowest BCUT2D eigenvalue weighted by Crippen LogP contribution is -2.29. The van der Waals surface area contributed by atoms with E-state index in [9.17, 15) is 5.11 Å². The molecule has 1 unspecified atom stereocenters. The average Bonchev–Trinajstić information content (AvgIpc) is 2.73. The van der Waals surface area contributed by atoms with Crippen LogP contribution in [-0.4, -0.2) is 30.2 Å². The van der Waals surface area contributed by atoms with E-state index < -0.39 is 5.79 Å². The van der Waals surface area contributed by atoms with Gasteiger partial charge in [-0.3, -0.25) is 0 Å². The van der Waals surface area contributed by atoms with Crippen molar-refractivity contribution < 1.29 is 14.6 Å². The molecule has 1 N–H and O–H groups in total. The van der Waals surface area contributed by atoms with Gasteiger partial charge in [-0.15, -0.1) is 0 Å². The summed E-state index contributed by atoms with van der Waals surface area (Å²) in [5, 5.41) is 9.69. The first-order valence-corrected chi connectivity index (χ1v) is 4.26. The molecule has 0 bridgehead atoms. The number of aliphatic hydroxyl groups is 1. The van der Waals surface area contributed by atoms with Crippen LogP contribution in [0.4, 0.5) is 0 Å². The molecule has 0 aromatic rings. The molecule has 1 heterocycles. The fourth-order valence-electron chi connectivity index (χ4n) is 1.48. The molecule has 1 aliphatic heterocycles. The molecule has 3 nitrogen and oxygen atoms in total. The molecule has 1 saturated heterocycles. The van der Waals surface area contributed by atoms with Crippen LogP contribution in [0.15, 0.2) is 0 Å². The Hall–Kier alpha value is -0.120. The van der Waals surface area contributed by atoms with Gasteiger partial charge in [0.1, 0.15) is 6.10 Å². The largest absolute Gasteiger partial charge is 0.371 e. The zero-order valence-electron chi connectivity index (χ0n) is 6.58. The Bertz CT molecular complexity index is 136. The van der Waals surface area contributed by atoms with E-state index in [0.717, 1.165) is 32.3 Å². The Morgan fingerprint density at radius 1 is 1.45 bits per heavy atom. The molecule has 3 heteroatoms. The maximum absolute atomic E-state index is 9.69. The van der Waals surface area contributed by atoms with Crippen molar-refractivity contribution in [1.29, 1.82) is 0 Å². The van der Waals surface area contributed by atoms with Crippen molar-refractivity contribution in [1.82, 2.24) is 0 Å². The molecule has 0 aromatic carbocycles. The number of epoxide rings is 1. The third-order valence-electron chi connectivity index (χ3n) is 2.33. The molecule has 2 fully saturated rings. The third kappa shape index (κ3) is 1.92. The van der Waals surface area contributed by atoms with Crippen LogP contribution in [0.2, 0.25) is 0 Å². The summed E-state index contributed by atoms with van der Waals surface area (Å²) in [6, 6.07) is 0. The van der Waals surface area contributed by atoms with Gasteiger partial charge >= 0.3 is 0 Å². The van der Waals surface area contributed by atoms with Crippen LogP contribution in [0.3, 0.4) is 0 Å². The van der Waals surface area contributed by atoms with E-state index in [1.54, 1.807) is 0 Å². The number of hydrogen-bond donors (Lipinski definition) is 1. The van der Waals surface area contributed by atoms with E-state index in [2.05, 4.69) is 0 Å². The van der Waals surface area contributed by atoms with Gasteiger partial charge in [-0.25, -0.2) is 0 Å². The van der Waals surface area contributed by atoms with Gasteiger partial charge in [-0.1, -0.05) is 0 Å². The van der Waals surface area contributed by atoms with E-state index >= 15 is 0 Å². The minimum atomic E-state index is -0.814. The second-order valence-electron chi connectivity index (χ2n) is 3.42.